The number of nitrogens with two attached hydrogens (primary N) is 1. The summed E-state index contributed by atoms with van der Waals surface area (Å²) < 4.78 is 13.2. The largest absolute Gasteiger partial charge is 0.326 e. The molecule has 0 saturated heterocycles. The molecule has 2 rings (SSSR count). The summed E-state index contributed by atoms with van der Waals surface area (Å²) in [7, 11) is 0. The molecular formula is C17H20FNS. The fourth-order valence-corrected chi connectivity index (χ4v) is 2.97. The predicted octanol–water partition coefficient (Wildman–Crippen LogP) is 4.70. The highest BCUT2D eigenvalue weighted by Gasteiger charge is 2.04. The minimum Gasteiger partial charge on any atom is -0.326 e. The van der Waals surface area contributed by atoms with E-state index in [1.54, 1.807) is 11.8 Å². The van der Waals surface area contributed by atoms with E-state index in [9.17, 15) is 4.39 Å². The van der Waals surface area contributed by atoms with Crippen LogP contribution in [0.5, 0.6) is 0 Å². The molecule has 0 amide bonds. The average molecular weight is 289 g/mol. The minimum atomic E-state index is -0.222. The lowest BCUT2D eigenvalue weighted by atomic mass is 10.0. The molecule has 20 heavy (non-hydrogen) atoms. The van der Waals surface area contributed by atoms with Gasteiger partial charge in [0.15, 0.2) is 0 Å². The zero-order valence-corrected chi connectivity index (χ0v) is 12.7. The van der Waals surface area contributed by atoms with E-state index >= 15 is 0 Å². The summed E-state index contributed by atoms with van der Waals surface area (Å²) in [6.45, 7) is 4.75. The fourth-order valence-electron chi connectivity index (χ4n) is 2.04. The molecule has 0 spiro atoms. The lowest BCUT2D eigenvalue weighted by molar-refractivity contribution is 0.624. The summed E-state index contributed by atoms with van der Waals surface area (Å²) in [5.74, 6) is 1.14. The van der Waals surface area contributed by atoms with E-state index in [-0.39, 0.29) is 5.82 Å². The maximum absolute atomic E-state index is 13.2. The number of rotatable bonds is 5. The Labute approximate surface area is 124 Å². The Morgan fingerprint density at radius 2 is 1.75 bits per heavy atom. The first-order chi connectivity index (χ1) is 9.60. The molecule has 2 aromatic carbocycles. The summed E-state index contributed by atoms with van der Waals surface area (Å²) in [5.41, 5.74) is 9.00. The van der Waals surface area contributed by atoms with Crippen LogP contribution in [-0.4, -0.2) is 0 Å². The van der Waals surface area contributed by atoms with Gasteiger partial charge in [0.25, 0.3) is 0 Å². The Hall–Kier alpha value is -1.32. The van der Waals surface area contributed by atoms with Crippen molar-refractivity contribution in [1.82, 2.24) is 0 Å². The van der Waals surface area contributed by atoms with E-state index in [2.05, 4.69) is 38.1 Å². The smallest absolute Gasteiger partial charge is 0.123 e. The third kappa shape index (κ3) is 3.84. The van der Waals surface area contributed by atoms with Gasteiger partial charge in [-0.15, -0.1) is 11.8 Å². The van der Waals surface area contributed by atoms with Crippen molar-refractivity contribution in [3.05, 3.63) is 65.0 Å². The summed E-state index contributed by atoms with van der Waals surface area (Å²) in [6.07, 6.45) is 0. The Morgan fingerprint density at radius 3 is 2.35 bits per heavy atom. The van der Waals surface area contributed by atoms with E-state index in [0.717, 1.165) is 16.9 Å². The minimum absolute atomic E-state index is 0.222. The van der Waals surface area contributed by atoms with Crippen LogP contribution in [0.2, 0.25) is 0 Å². The van der Waals surface area contributed by atoms with Crippen LogP contribution in [0.1, 0.15) is 36.5 Å². The van der Waals surface area contributed by atoms with Crippen LogP contribution in [0.3, 0.4) is 0 Å². The third-order valence-corrected chi connectivity index (χ3v) is 4.39. The van der Waals surface area contributed by atoms with Gasteiger partial charge in [-0.3, -0.25) is 0 Å². The highest BCUT2D eigenvalue weighted by Crippen LogP contribution is 2.26. The van der Waals surface area contributed by atoms with E-state index in [1.807, 2.05) is 6.07 Å². The Bertz CT molecular complexity index is 564. The van der Waals surface area contributed by atoms with Crippen LogP contribution in [0, 0.1) is 5.82 Å². The summed E-state index contributed by atoms with van der Waals surface area (Å²) in [4.78, 5) is 1.22. The van der Waals surface area contributed by atoms with E-state index in [0.29, 0.717) is 12.5 Å². The molecule has 0 atom stereocenters. The van der Waals surface area contributed by atoms with Gasteiger partial charge in [-0.2, -0.15) is 0 Å². The first-order valence-electron chi connectivity index (χ1n) is 6.80. The molecule has 0 aromatic heterocycles. The van der Waals surface area contributed by atoms with Gasteiger partial charge < -0.3 is 5.73 Å². The van der Waals surface area contributed by atoms with Crippen molar-refractivity contribution >= 4 is 11.8 Å². The number of benzene rings is 2. The van der Waals surface area contributed by atoms with Crippen LogP contribution in [-0.2, 0) is 12.3 Å². The zero-order chi connectivity index (χ0) is 14.5. The normalized spacial score (nSPS) is 11.1. The van der Waals surface area contributed by atoms with Gasteiger partial charge in [0.1, 0.15) is 5.82 Å². The molecule has 1 nitrogen and oxygen atoms in total. The molecule has 2 aromatic rings. The lowest BCUT2D eigenvalue weighted by Crippen LogP contribution is -2.01. The maximum atomic E-state index is 13.2. The van der Waals surface area contributed by atoms with Crippen LogP contribution in [0.15, 0.2) is 47.4 Å². The second kappa shape index (κ2) is 6.91. The van der Waals surface area contributed by atoms with Crippen LogP contribution in [0.4, 0.5) is 4.39 Å². The molecule has 0 radical (unpaired) electrons. The highest BCUT2D eigenvalue weighted by atomic mass is 32.2. The quantitative estimate of drug-likeness (QED) is 0.807. The molecule has 0 bridgehead atoms. The number of hydrogen-bond donors (Lipinski definition) is 1. The predicted molar refractivity (Wildman–Crippen MR) is 84.4 cm³/mol. The van der Waals surface area contributed by atoms with Crippen molar-refractivity contribution in [2.24, 2.45) is 5.73 Å². The molecule has 0 aliphatic heterocycles. The highest BCUT2D eigenvalue weighted by molar-refractivity contribution is 7.98. The van der Waals surface area contributed by atoms with Gasteiger partial charge in [-0.1, -0.05) is 32.0 Å². The Balaban J connectivity index is 2.05. The molecule has 0 aliphatic carbocycles. The van der Waals surface area contributed by atoms with Crippen molar-refractivity contribution in [3.63, 3.8) is 0 Å². The Kier molecular flexibility index (Phi) is 5.21. The number of halogens is 1. The van der Waals surface area contributed by atoms with Crippen LogP contribution in [0.25, 0.3) is 0 Å². The SMILES string of the molecule is CC(C)c1ccc(SCc2ccc(F)cc2CN)cc1. The molecule has 106 valence electrons. The van der Waals surface area contributed by atoms with Crippen molar-refractivity contribution < 1.29 is 4.39 Å². The van der Waals surface area contributed by atoms with Crippen molar-refractivity contribution in [2.45, 2.75) is 37.0 Å². The van der Waals surface area contributed by atoms with Gasteiger partial charge in [0.05, 0.1) is 0 Å². The van der Waals surface area contributed by atoms with E-state index in [4.69, 9.17) is 5.73 Å². The van der Waals surface area contributed by atoms with Crippen molar-refractivity contribution in [1.29, 1.82) is 0 Å². The first kappa shape index (κ1) is 15.1. The van der Waals surface area contributed by atoms with Crippen molar-refractivity contribution in [2.75, 3.05) is 0 Å². The molecule has 0 aliphatic rings. The first-order valence-corrected chi connectivity index (χ1v) is 7.79. The molecule has 0 fully saturated rings. The molecule has 0 saturated carbocycles. The third-order valence-electron chi connectivity index (χ3n) is 3.33. The number of thioether (sulfide) groups is 1. The average Bonchev–Trinajstić information content (AvgIpc) is 2.46. The molecular weight excluding hydrogens is 269 g/mol. The molecule has 0 unspecified atom stereocenters. The van der Waals surface area contributed by atoms with Gasteiger partial charge in [-0.05, 0) is 46.9 Å². The topological polar surface area (TPSA) is 26.0 Å². The summed E-state index contributed by atoms with van der Waals surface area (Å²) >= 11 is 1.75. The molecule has 2 N–H and O–H groups in total. The summed E-state index contributed by atoms with van der Waals surface area (Å²) in [5, 5.41) is 0. The number of hydrogen-bond acceptors (Lipinski definition) is 2. The van der Waals surface area contributed by atoms with Gasteiger partial charge in [0.2, 0.25) is 0 Å². The second-order valence-corrected chi connectivity index (χ2v) is 6.18. The molecule has 3 heteroatoms. The fraction of sp³-hybridized carbons (Fsp3) is 0.294. The van der Waals surface area contributed by atoms with Gasteiger partial charge in [-0.25, -0.2) is 4.39 Å². The monoisotopic (exact) mass is 289 g/mol. The lowest BCUT2D eigenvalue weighted by Gasteiger charge is -2.09. The van der Waals surface area contributed by atoms with Gasteiger partial charge in [0, 0.05) is 17.2 Å². The van der Waals surface area contributed by atoms with E-state index < -0.39 is 0 Å². The standard InChI is InChI=1S/C17H20FNS/c1-12(2)13-4-7-17(8-5-13)20-11-14-3-6-16(18)9-15(14)10-19/h3-9,12H,10-11,19H2,1-2H3. The zero-order valence-electron chi connectivity index (χ0n) is 11.9. The molecule has 0 heterocycles. The van der Waals surface area contributed by atoms with Crippen LogP contribution >= 0.6 is 11.8 Å². The Morgan fingerprint density at radius 1 is 1.05 bits per heavy atom. The van der Waals surface area contributed by atoms with E-state index in [1.165, 1.54) is 22.6 Å². The maximum Gasteiger partial charge on any atom is 0.123 e. The van der Waals surface area contributed by atoms with Crippen LogP contribution < -0.4 is 5.73 Å². The van der Waals surface area contributed by atoms with Crippen molar-refractivity contribution in [3.8, 4) is 0 Å². The van der Waals surface area contributed by atoms with Gasteiger partial charge >= 0.3 is 0 Å². The summed E-state index contributed by atoms with van der Waals surface area (Å²) in [6, 6.07) is 13.5. The second-order valence-electron chi connectivity index (χ2n) is 5.13.